The van der Waals surface area contributed by atoms with E-state index in [9.17, 15) is 9.59 Å². The molecule has 4 nitrogen and oxygen atoms in total. The van der Waals surface area contributed by atoms with Crippen molar-refractivity contribution >= 4 is 11.8 Å². The summed E-state index contributed by atoms with van der Waals surface area (Å²) in [6, 6.07) is 0.361. The minimum Gasteiger partial charge on any atom is -0.312 e. The van der Waals surface area contributed by atoms with Crippen molar-refractivity contribution in [1.82, 2.24) is 10.2 Å². The van der Waals surface area contributed by atoms with Crippen LogP contribution in [0.4, 0.5) is 0 Å². The maximum atomic E-state index is 11.3. The summed E-state index contributed by atoms with van der Waals surface area (Å²) in [6.07, 6.45) is 0.765. The van der Waals surface area contributed by atoms with E-state index in [1.54, 1.807) is 0 Å². The van der Waals surface area contributed by atoms with Crippen LogP contribution in [-0.4, -0.2) is 35.8 Å². The number of imide groups is 1. The van der Waals surface area contributed by atoms with Gasteiger partial charge in [-0.1, -0.05) is 20.8 Å². The Balaban J connectivity index is 2.31. The molecule has 0 aromatic heterocycles. The van der Waals surface area contributed by atoms with Gasteiger partial charge in [0.05, 0.1) is 0 Å². The van der Waals surface area contributed by atoms with E-state index in [-0.39, 0.29) is 17.2 Å². The molecule has 1 aliphatic rings. The standard InChI is InChI=1S/C12H22N2O2/c1-9(12(2,3)4)13-7-8-14-10(15)5-6-11(14)16/h9,13H,5-8H2,1-4H3. The van der Waals surface area contributed by atoms with Crippen LogP contribution in [0.25, 0.3) is 0 Å². The molecule has 2 amide bonds. The van der Waals surface area contributed by atoms with E-state index in [1.165, 1.54) is 4.90 Å². The molecule has 16 heavy (non-hydrogen) atoms. The summed E-state index contributed by atoms with van der Waals surface area (Å²) in [4.78, 5) is 24.0. The Hall–Kier alpha value is -0.900. The molecule has 92 valence electrons. The monoisotopic (exact) mass is 226 g/mol. The van der Waals surface area contributed by atoms with Crippen LogP contribution in [0.15, 0.2) is 0 Å². The van der Waals surface area contributed by atoms with Crippen LogP contribution in [0.5, 0.6) is 0 Å². The van der Waals surface area contributed by atoms with Crippen LogP contribution in [-0.2, 0) is 9.59 Å². The molecule has 1 rings (SSSR count). The van der Waals surface area contributed by atoms with E-state index in [2.05, 4.69) is 33.0 Å². The van der Waals surface area contributed by atoms with Gasteiger partial charge in [0.2, 0.25) is 11.8 Å². The average molecular weight is 226 g/mol. The van der Waals surface area contributed by atoms with Gasteiger partial charge in [0, 0.05) is 32.0 Å². The van der Waals surface area contributed by atoms with Crippen molar-refractivity contribution in [2.45, 2.75) is 46.6 Å². The summed E-state index contributed by atoms with van der Waals surface area (Å²) < 4.78 is 0. The van der Waals surface area contributed by atoms with E-state index in [0.717, 1.165) is 0 Å². The van der Waals surface area contributed by atoms with Crippen LogP contribution in [0.2, 0.25) is 0 Å². The van der Waals surface area contributed by atoms with E-state index in [0.29, 0.717) is 32.0 Å². The first-order chi connectivity index (χ1) is 7.32. The highest BCUT2D eigenvalue weighted by Crippen LogP contribution is 2.18. The SMILES string of the molecule is CC(NCCN1C(=O)CCC1=O)C(C)(C)C. The molecular formula is C12H22N2O2. The molecule has 1 saturated heterocycles. The zero-order chi connectivity index (χ0) is 12.3. The minimum absolute atomic E-state index is 0.0322. The fourth-order valence-electron chi connectivity index (χ4n) is 1.57. The van der Waals surface area contributed by atoms with Crippen molar-refractivity contribution < 1.29 is 9.59 Å². The van der Waals surface area contributed by atoms with Crippen molar-refractivity contribution in [3.05, 3.63) is 0 Å². The molecule has 1 fully saturated rings. The smallest absolute Gasteiger partial charge is 0.229 e. The van der Waals surface area contributed by atoms with Gasteiger partial charge in [0.1, 0.15) is 0 Å². The number of likely N-dealkylation sites (tertiary alicyclic amines) is 1. The normalized spacial score (nSPS) is 19.4. The minimum atomic E-state index is -0.0322. The predicted octanol–water partition coefficient (Wildman–Crippen LogP) is 1.16. The Morgan fingerprint density at radius 1 is 1.25 bits per heavy atom. The molecule has 0 aromatic rings. The topological polar surface area (TPSA) is 49.4 Å². The Labute approximate surface area is 97.4 Å². The number of hydrogen-bond donors (Lipinski definition) is 1. The summed E-state index contributed by atoms with van der Waals surface area (Å²) in [7, 11) is 0. The summed E-state index contributed by atoms with van der Waals surface area (Å²) >= 11 is 0. The quantitative estimate of drug-likeness (QED) is 0.732. The van der Waals surface area contributed by atoms with Crippen molar-refractivity contribution in [2.75, 3.05) is 13.1 Å². The lowest BCUT2D eigenvalue weighted by Gasteiger charge is -2.28. The number of rotatable bonds is 4. The summed E-state index contributed by atoms with van der Waals surface area (Å²) in [5, 5.41) is 3.34. The molecule has 1 heterocycles. The van der Waals surface area contributed by atoms with Crippen molar-refractivity contribution in [2.24, 2.45) is 5.41 Å². The van der Waals surface area contributed by atoms with Gasteiger partial charge in [-0.2, -0.15) is 0 Å². The molecule has 0 aromatic carbocycles. The molecule has 0 radical (unpaired) electrons. The van der Waals surface area contributed by atoms with Gasteiger partial charge < -0.3 is 5.32 Å². The highest BCUT2D eigenvalue weighted by atomic mass is 16.2. The average Bonchev–Trinajstić information content (AvgIpc) is 2.47. The second kappa shape index (κ2) is 4.95. The van der Waals surface area contributed by atoms with Gasteiger partial charge >= 0.3 is 0 Å². The lowest BCUT2D eigenvalue weighted by molar-refractivity contribution is -0.138. The van der Waals surface area contributed by atoms with Crippen LogP contribution in [0.3, 0.4) is 0 Å². The third-order valence-electron chi connectivity index (χ3n) is 3.24. The first-order valence-electron chi connectivity index (χ1n) is 5.89. The number of hydrogen-bond acceptors (Lipinski definition) is 3. The highest BCUT2D eigenvalue weighted by Gasteiger charge is 2.28. The van der Waals surface area contributed by atoms with Crippen LogP contribution < -0.4 is 5.32 Å². The second-order valence-corrected chi connectivity index (χ2v) is 5.48. The Bertz CT molecular complexity index is 265. The Kier molecular flexibility index (Phi) is 4.08. The van der Waals surface area contributed by atoms with Crippen LogP contribution in [0.1, 0.15) is 40.5 Å². The fourth-order valence-corrected chi connectivity index (χ4v) is 1.57. The van der Waals surface area contributed by atoms with Crippen molar-refractivity contribution in [3.63, 3.8) is 0 Å². The third-order valence-corrected chi connectivity index (χ3v) is 3.24. The molecule has 1 unspecified atom stereocenters. The van der Waals surface area contributed by atoms with Crippen molar-refractivity contribution in [3.8, 4) is 0 Å². The van der Waals surface area contributed by atoms with Gasteiger partial charge in [-0.05, 0) is 12.3 Å². The van der Waals surface area contributed by atoms with Crippen LogP contribution >= 0.6 is 0 Å². The number of carbonyl (C=O) groups excluding carboxylic acids is 2. The molecule has 1 atom stereocenters. The number of carbonyl (C=O) groups is 2. The summed E-state index contributed by atoms with van der Waals surface area (Å²) in [6.45, 7) is 9.78. The zero-order valence-corrected chi connectivity index (χ0v) is 10.7. The second-order valence-electron chi connectivity index (χ2n) is 5.48. The number of nitrogens with one attached hydrogen (secondary N) is 1. The highest BCUT2D eigenvalue weighted by molar-refractivity contribution is 6.01. The van der Waals surface area contributed by atoms with E-state index in [1.807, 2.05) is 0 Å². The zero-order valence-electron chi connectivity index (χ0n) is 10.7. The maximum absolute atomic E-state index is 11.3. The number of nitrogens with zero attached hydrogens (tertiary/aromatic N) is 1. The van der Waals surface area contributed by atoms with Crippen molar-refractivity contribution in [1.29, 1.82) is 0 Å². The van der Waals surface area contributed by atoms with Gasteiger partial charge in [0.25, 0.3) is 0 Å². The molecule has 0 saturated carbocycles. The number of amides is 2. The lowest BCUT2D eigenvalue weighted by Crippen LogP contribution is -2.43. The predicted molar refractivity (Wildman–Crippen MR) is 62.9 cm³/mol. The molecule has 1 aliphatic heterocycles. The van der Waals surface area contributed by atoms with Crippen LogP contribution in [0, 0.1) is 5.41 Å². The Morgan fingerprint density at radius 2 is 1.75 bits per heavy atom. The molecule has 0 spiro atoms. The van der Waals surface area contributed by atoms with Gasteiger partial charge in [-0.3, -0.25) is 14.5 Å². The summed E-state index contributed by atoms with van der Waals surface area (Å²) in [5.41, 5.74) is 0.193. The third kappa shape index (κ3) is 3.30. The lowest BCUT2D eigenvalue weighted by atomic mass is 9.88. The van der Waals surface area contributed by atoms with Gasteiger partial charge in [-0.15, -0.1) is 0 Å². The molecule has 4 heteroatoms. The molecule has 0 aliphatic carbocycles. The molecule has 0 bridgehead atoms. The molecular weight excluding hydrogens is 204 g/mol. The van der Waals surface area contributed by atoms with E-state index < -0.39 is 0 Å². The Morgan fingerprint density at radius 3 is 2.19 bits per heavy atom. The van der Waals surface area contributed by atoms with Gasteiger partial charge in [-0.25, -0.2) is 0 Å². The van der Waals surface area contributed by atoms with Gasteiger partial charge in [0.15, 0.2) is 0 Å². The molecule has 1 N–H and O–H groups in total. The first-order valence-corrected chi connectivity index (χ1v) is 5.89. The fraction of sp³-hybridized carbons (Fsp3) is 0.833. The first kappa shape index (κ1) is 13.2. The largest absolute Gasteiger partial charge is 0.312 e. The van der Waals surface area contributed by atoms with E-state index in [4.69, 9.17) is 0 Å². The van der Waals surface area contributed by atoms with E-state index >= 15 is 0 Å². The summed E-state index contributed by atoms with van der Waals surface area (Å²) in [5.74, 6) is -0.0644. The maximum Gasteiger partial charge on any atom is 0.229 e.